The second-order valence-electron chi connectivity index (χ2n) is 8.05. The van der Waals surface area contributed by atoms with Gasteiger partial charge in [-0.3, -0.25) is 9.69 Å². The van der Waals surface area contributed by atoms with Crippen molar-refractivity contribution in [1.82, 2.24) is 9.88 Å². The minimum Gasteiger partial charge on any atom is -0.489 e. The second-order valence-corrected chi connectivity index (χ2v) is 8.46. The molecule has 4 rings (SSSR count). The minimum absolute atomic E-state index is 0.0739. The molecular formula is C24H27ClFN3O2. The molecule has 1 atom stereocenters. The van der Waals surface area contributed by atoms with E-state index >= 15 is 0 Å². The Morgan fingerprint density at radius 3 is 2.94 bits per heavy atom. The van der Waals surface area contributed by atoms with Crippen molar-refractivity contribution in [2.24, 2.45) is 5.73 Å². The lowest BCUT2D eigenvalue weighted by atomic mass is 9.95. The molecule has 0 radical (unpaired) electrons. The van der Waals surface area contributed by atoms with Gasteiger partial charge < -0.3 is 15.5 Å². The van der Waals surface area contributed by atoms with Crippen LogP contribution in [0.1, 0.15) is 41.3 Å². The van der Waals surface area contributed by atoms with Gasteiger partial charge in [-0.1, -0.05) is 30.7 Å². The highest BCUT2D eigenvalue weighted by atomic mass is 35.5. The van der Waals surface area contributed by atoms with Gasteiger partial charge in [0.05, 0.1) is 10.5 Å². The molecule has 0 saturated carbocycles. The number of amides is 1. The standard InChI is InChI=1S/C24H27ClFN3O2/c1-2-10-29(11-4-5-15-13-28-22-17(15)6-3-7-20(22)25)16-12-19-18(24(27)30)8-9-21(26)23(19)31-14-16/h3,6-9,13,16,28H,2,4-5,10-12,14H2,1H3,(H2,27,30). The van der Waals surface area contributed by atoms with Gasteiger partial charge in [-0.15, -0.1) is 0 Å². The summed E-state index contributed by atoms with van der Waals surface area (Å²) in [7, 11) is 0. The normalized spacial score (nSPS) is 15.8. The molecule has 3 N–H and O–H groups in total. The molecule has 0 aliphatic carbocycles. The Kier molecular flexibility index (Phi) is 6.49. The SMILES string of the molecule is CCCN(CCCc1c[nH]c2c(Cl)cccc12)C1COc2c(F)ccc(C(N)=O)c2C1. The van der Waals surface area contributed by atoms with Crippen LogP contribution in [-0.4, -0.2) is 41.5 Å². The first-order chi connectivity index (χ1) is 15.0. The van der Waals surface area contributed by atoms with E-state index in [1.165, 1.54) is 17.7 Å². The van der Waals surface area contributed by atoms with Crippen molar-refractivity contribution in [2.45, 2.75) is 38.6 Å². The zero-order valence-corrected chi connectivity index (χ0v) is 18.3. The summed E-state index contributed by atoms with van der Waals surface area (Å²) in [6, 6.07) is 8.72. The Morgan fingerprint density at radius 1 is 1.32 bits per heavy atom. The molecule has 2 aromatic carbocycles. The van der Waals surface area contributed by atoms with E-state index in [1.807, 2.05) is 18.3 Å². The fourth-order valence-electron chi connectivity index (χ4n) is 4.52. The molecule has 0 bridgehead atoms. The van der Waals surface area contributed by atoms with Crippen LogP contribution in [0.3, 0.4) is 0 Å². The second kappa shape index (κ2) is 9.28. The quantitative estimate of drug-likeness (QED) is 0.529. The Labute approximate surface area is 186 Å². The number of carbonyl (C=O) groups is 1. The number of para-hydroxylation sites is 1. The fourth-order valence-corrected chi connectivity index (χ4v) is 4.75. The molecule has 1 aliphatic heterocycles. The summed E-state index contributed by atoms with van der Waals surface area (Å²) in [6.45, 7) is 4.32. The van der Waals surface area contributed by atoms with E-state index in [4.69, 9.17) is 22.1 Å². The van der Waals surface area contributed by atoms with E-state index in [9.17, 15) is 9.18 Å². The molecule has 31 heavy (non-hydrogen) atoms. The Morgan fingerprint density at radius 2 is 2.16 bits per heavy atom. The number of rotatable bonds is 8. The molecule has 1 amide bonds. The van der Waals surface area contributed by atoms with Crippen LogP contribution in [0.25, 0.3) is 10.9 Å². The van der Waals surface area contributed by atoms with E-state index < -0.39 is 11.7 Å². The molecule has 5 nitrogen and oxygen atoms in total. The summed E-state index contributed by atoms with van der Waals surface area (Å²) < 4.78 is 20.0. The number of halogens is 2. The summed E-state index contributed by atoms with van der Waals surface area (Å²) in [5, 5.41) is 1.89. The van der Waals surface area contributed by atoms with E-state index in [1.54, 1.807) is 0 Å². The molecular weight excluding hydrogens is 417 g/mol. The van der Waals surface area contributed by atoms with Gasteiger partial charge in [0.25, 0.3) is 0 Å². The zero-order chi connectivity index (χ0) is 22.0. The molecule has 0 saturated heterocycles. The highest BCUT2D eigenvalue weighted by Gasteiger charge is 2.30. The molecule has 3 aromatic rings. The van der Waals surface area contributed by atoms with Crippen LogP contribution in [0, 0.1) is 5.82 Å². The molecule has 164 valence electrons. The van der Waals surface area contributed by atoms with E-state index in [0.29, 0.717) is 24.2 Å². The van der Waals surface area contributed by atoms with Crippen molar-refractivity contribution in [3.05, 3.63) is 64.1 Å². The van der Waals surface area contributed by atoms with Gasteiger partial charge in [-0.25, -0.2) is 4.39 Å². The number of benzene rings is 2. The van der Waals surface area contributed by atoms with Gasteiger partial charge in [0, 0.05) is 28.8 Å². The average molecular weight is 444 g/mol. The van der Waals surface area contributed by atoms with Gasteiger partial charge in [0.1, 0.15) is 6.61 Å². The van der Waals surface area contributed by atoms with Gasteiger partial charge >= 0.3 is 0 Å². The Hall–Kier alpha value is -2.57. The number of primary amides is 1. The monoisotopic (exact) mass is 443 g/mol. The predicted octanol–water partition coefficient (Wildman–Crippen LogP) is 4.71. The molecule has 0 spiro atoms. The molecule has 2 heterocycles. The Balaban J connectivity index is 1.46. The number of aromatic nitrogens is 1. The van der Waals surface area contributed by atoms with E-state index in [-0.39, 0.29) is 11.8 Å². The lowest BCUT2D eigenvalue weighted by molar-refractivity contribution is 0.0984. The summed E-state index contributed by atoms with van der Waals surface area (Å²) in [6.07, 6.45) is 5.47. The summed E-state index contributed by atoms with van der Waals surface area (Å²) in [5.74, 6) is -0.835. The lowest BCUT2D eigenvalue weighted by Crippen LogP contribution is -2.44. The van der Waals surface area contributed by atoms with Crippen LogP contribution in [-0.2, 0) is 12.8 Å². The van der Waals surface area contributed by atoms with E-state index in [0.717, 1.165) is 48.3 Å². The number of ether oxygens (including phenoxy) is 1. The number of H-pyrrole nitrogens is 1. The average Bonchev–Trinajstić information content (AvgIpc) is 3.17. The highest BCUT2D eigenvalue weighted by Crippen LogP contribution is 2.32. The first-order valence-corrected chi connectivity index (χ1v) is 11.1. The van der Waals surface area contributed by atoms with Gasteiger partial charge in [-0.05, 0) is 62.5 Å². The van der Waals surface area contributed by atoms with Gasteiger partial charge in [0.15, 0.2) is 11.6 Å². The summed E-state index contributed by atoms with van der Waals surface area (Å²) in [5.41, 5.74) is 8.66. The maximum atomic E-state index is 14.2. The van der Waals surface area contributed by atoms with Crippen molar-refractivity contribution < 1.29 is 13.9 Å². The first-order valence-electron chi connectivity index (χ1n) is 10.7. The van der Waals surface area contributed by atoms with Crippen LogP contribution in [0.5, 0.6) is 5.75 Å². The van der Waals surface area contributed by atoms with Crippen LogP contribution in [0.15, 0.2) is 36.5 Å². The largest absolute Gasteiger partial charge is 0.489 e. The maximum absolute atomic E-state index is 14.2. The summed E-state index contributed by atoms with van der Waals surface area (Å²) in [4.78, 5) is 17.5. The van der Waals surface area contributed by atoms with Crippen molar-refractivity contribution >= 4 is 28.4 Å². The third kappa shape index (κ3) is 4.41. The molecule has 1 unspecified atom stereocenters. The lowest BCUT2D eigenvalue weighted by Gasteiger charge is -2.35. The zero-order valence-electron chi connectivity index (χ0n) is 17.6. The number of nitrogens with one attached hydrogen (secondary N) is 1. The topological polar surface area (TPSA) is 71.3 Å². The van der Waals surface area contributed by atoms with E-state index in [2.05, 4.69) is 22.9 Å². The van der Waals surface area contributed by atoms with Crippen LogP contribution < -0.4 is 10.5 Å². The number of aryl methyl sites for hydroxylation is 1. The third-order valence-electron chi connectivity index (χ3n) is 6.01. The number of hydrogen-bond acceptors (Lipinski definition) is 3. The predicted molar refractivity (Wildman–Crippen MR) is 121 cm³/mol. The smallest absolute Gasteiger partial charge is 0.249 e. The van der Waals surface area contributed by atoms with Crippen molar-refractivity contribution in [2.75, 3.05) is 19.7 Å². The maximum Gasteiger partial charge on any atom is 0.249 e. The highest BCUT2D eigenvalue weighted by molar-refractivity contribution is 6.35. The molecule has 7 heteroatoms. The minimum atomic E-state index is -0.555. The number of aromatic amines is 1. The van der Waals surface area contributed by atoms with Crippen molar-refractivity contribution in [3.8, 4) is 5.75 Å². The Bertz CT molecular complexity index is 1100. The molecule has 1 aromatic heterocycles. The van der Waals surface area contributed by atoms with Gasteiger partial charge in [-0.2, -0.15) is 0 Å². The van der Waals surface area contributed by atoms with Crippen molar-refractivity contribution in [3.63, 3.8) is 0 Å². The summed E-state index contributed by atoms with van der Waals surface area (Å²) >= 11 is 6.27. The number of nitrogens with zero attached hydrogens (tertiary/aromatic N) is 1. The number of hydrogen-bond donors (Lipinski definition) is 2. The number of nitrogens with two attached hydrogens (primary N) is 1. The van der Waals surface area contributed by atoms with Crippen molar-refractivity contribution in [1.29, 1.82) is 0 Å². The number of fused-ring (bicyclic) bond motifs is 2. The third-order valence-corrected chi connectivity index (χ3v) is 6.32. The van der Waals surface area contributed by atoms with Crippen LogP contribution in [0.2, 0.25) is 5.02 Å². The fraction of sp³-hybridized carbons (Fsp3) is 0.375. The van der Waals surface area contributed by atoms with Gasteiger partial charge in [0.2, 0.25) is 5.91 Å². The van der Waals surface area contributed by atoms with Crippen LogP contribution in [0.4, 0.5) is 4.39 Å². The van der Waals surface area contributed by atoms with Crippen LogP contribution >= 0.6 is 11.6 Å². The number of carbonyl (C=O) groups excluding carboxylic acids is 1. The molecule has 0 fully saturated rings. The molecule has 1 aliphatic rings. The first kappa shape index (κ1) is 21.7.